The number of hydrogen-bond acceptors (Lipinski definition) is 5. The van der Waals surface area contributed by atoms with Crippen LogP contribution < -0.4 is 15.2 Å². The predicted molar refractivity (Wildman–Crippen MR) is 153 cm³/mol. The lowest BCUT2D eigenvalue weighted by molar-refractivity contribution is 0.183. The molecule has 0 radical (unpaired) electrons. The highest BCUT2D eigenvalue weighted by Crippen LogP contribution is 2.32. The average molecular weight is 512 g/mol. The molecule has 2 fully saturated rings. The van der Waals surface area contributed by atoms with E-state index in [1.807, 2.05) is 24.7 Å². The Morgan fingerprint density at radius 3 is 2.50 bits per heavy atom. The summed E-state index contributed by atoms with van der Waals surface area (Å²) in [7, 11) is 1.79. The fraction of sp³-hybridized carbons (Fsp3) is 0.419. The summed E-state index contributed by atoms with van der Waals surface area (Å²) in [6, 6.07) is 15.0. The third-order valence-corrected chi connectivity index (χ3v) is 8.25. The lowest BCUT2D eigenvalue weighted by Gasteiger charge is -2.33. The molecule has 2 saturated heterocycles. The number of benzene rings is 1. The van der Waals surface area contributed by atoms with Crippen molar-refractivity contribution in [3.63, 3.8) is 0 Å². The van der Waals surface area contributed by atoms with E-state index in [0.717, 1.165) is 67.2 Å². The van der Waals surface area contributed by atoms with Crippen molar-refractivity contribution in [3.8, 4) is 16.9 Å². The van der Waals surface area contributed by atoms with Gasteiger partial charge in [-0.1, -0.05) is 18.6 Å². The summed E-state index contributed by atoms with van der Waals surface area (Å²) in [5.41, 5.74) is 4.05. The summed E-state index contributed by atoms with van der Waals surface area (Å²) in [5, 5.41) is 0.932. The highest BCUT2D eigenvalue weighted by atomic mass is 16.5. The quantitative estimate of drug-likeness (QED) is 0.371. The SMILES string of the molecule is Cn1cc(-c2ccc(N3CCC(c4ccc(OCCN5CCCCC5)cc4)CC3)nc2)c2cc[nH]c2c1=O. The fourth-order valence-corrected chi connectivity index (χ4v) is 5.99. The maximum absolute atomic E-state index is 12.4. The molecule has 0 aliphatic carbocycles. The molecule has 5 heterocycles. The molecule has 2 aliphatic heterocycles. The number of H-pyrrole nitrogens is 1. The molecule has 1 aromatic carbocycles. The summed E-state index contributed by atoms with van der Waals surface area (Å²) in [6.07, 6.45) is 11.9. The van der Waals surface area contributed by atoms with Crippen molar-refractivity contribution in [2.75, 3.05) is 44.2 Å². The van der Waals surface area contributed by atoms with Gasteiger partial charge in [-0.15, -0.1) is 0 Å². The minimum Gasteiger partial charge on any atom is -0.492 e. The smallest absolute Gasteiger partial charge is 0.274 e. The number of anilines is 1. The first-order valence-electron chi connectivity index (χ1n) is 14.0. The molecule has 7 nitrogen and oxygen atoms in total. The van der Waals surface area contributed by atoms with Crippen LogP contribution in [0.1, 0.15) is 43.6 Å². The largest absolute Gasteiger partial charge is 0.492 e. The zero-order valence-corrected chi connectivity index (χ0v) is 22.2. The Morgan fingerprint density at radius 1 is 0.974 bits per heavy atom. The van der Waals surface area contributed by atoms with Crippen LogP contribution in [0.4, 0.5) is 5.82 Å². The van der Waals surface area contributed by atoms with Gasteiger partial charge in [0.05, 0.1) is 0 Å². The lowest BCUT2D eigenvalue weighted by Crippen LogP contribution is -2.33. The van der Waals surface area contributed by atoms with Crippen molar-refractivity contribution in [2.45, 2.75) is 38.0 Å². The van der Waals surface area contributed by atoms with Gasteiger partial charge in [-0.3, -0.25) is 9.69 Å². The summed E-state index contributed by atoms with van der Waals surface area (Å²) < 4.78 is 7.65. The van der Waals surface area contributed by atoms with Gasteiger partial charge < -0.3 is 19.2 Å². The van der Waals surface area contributed by atoms with E-state index in [4.69, 9.17) is 9.72 Å². The van der Waals surface area contributed by atoms with E-state index in [2.05, 4.69) is 51.2 Å². The van der Waals surface area contributed by atoms with Crippen LogP contribution in [0.3, 0.4) is 0 Å². The number of pyridine rings is 2. The molecule has 0 bridgehead atoms. The van der Waals surface area contributed by atoms with Crippen LogP contribution in [0, 0.1) is 0 Å². The van der Waals surface area contributed by atoms with Crippen molar-refractivity contribution in [3.05, 3.63) is 77.0 Å². The molecule has 3 aromatic heterocycles. The number of aryl methyl sites for hydroxylation is 1. The van der Waals surface area contributed by atoms with E-state index in [1.54, 1.807) is 11.6 Å². The number of piperidine rings is 2. The summed E-state index contributed by atoms with van der Waals surface area (Å²) >= 11 is 0. The van der Waals surface area contributed by atoms with E-state index < -0.39 is 0 Å². The normalized spacial score (nSPS) is 17.2. The molecule has 0 amide bonds. The first-order valence-corrected chi connectivity index (χ1v) is 14.0. The van der Waals surface area contributed by atoms with Gasteiger partial charge in [-0.25, -0.2) is 4.98 Å². The van der Waals surface area contributed by atoms with Crippen molar-refractivity contribution in [1.82, 2.24) is 19.4 Å². The third-order valence-electron chi connectivity index (χ3n) is 8.25. The average Bonchev–Trinajstić information content (AvgIpc) is 3.47. The zero-order valence-electron chi connectivity index (χ0n) is 22.2. The molecular weight excluding hydrogens is 474 g/mol. The maximum atomic E-state index is 12.4. The molecule has 0 atom stereocenters. The van der Waals surface area contributed by atoms with E-state index in [9.17, 15) is 4.79 Å². The fourth-order valence-electron chi connectivity index (χ4n) is 5.99. The Balaban J connectivity index is 1.04. The molecule has 4 aromatic rings. The highest BCUT2D eigenvalue weighted by Gasteiger charge is 2.22. The summed E-state index contributed by atoms with van der Waals surface area (Å²) in [4.78, 5) is 25.1. The van der Waals surface area contributed by atoms with Gasteiger partial charge >= 0.3 is 0 Å². The Hall–Kier alpha value is -3.58. The number of nitrogens with one attached hydrogen (secondary N) is 1. The second kappa shape index (κ2) is 11.0. The Morgan fingerprint density at radius 2 is 1.76 bits per heavy atom. The van der Waals surface area contributed by atoms with Crippen LogP contribution in [-0.2, 0) is 7.05 Å². The molecule has 7 heteroatoms. The van der Waals surface area contributed by atoms with Gasteiger partial charge in [0.1, 0.15) is 23.7 Å². The van der Waals surface area contributed by atoms with E-state index in [1.165, 1.54) is 37.9 Å². The standard InChI is InChI=1S/C31H37N5O2/c1-34-22-28(27-11-14-32-30(27)31(34)37)25-7-10-29(33-21-25)36-17-12-24(13-18-36)23-5-8-26(9-6-23)38-20-19-35-15-3-2-4-16-35/h5-11,14,21-22,24,32H,2-4,12-13,15-20H2,1H3. The Kier molecular flexibility index (Phi) is 7.18. The van der Waals surface area contributed by atoms with Crippen molar-refractivity contribution in [1.29, 1.82) is 0 Å². The second-order valence-corrected chi connectivity index (χ2v) is 10.7. The molecule has 1 N–H and O–H groups in total. The number of aromatic amines is 1. The van der Waals surface area contributed by atoms with Crippen LogP contribution in [-0.4, -0.2) is 58.8 Å². The third kappa shape index (κ3) is 5.20. The first-order chi connectivity index (χ1) is 18.7. The summed E-state index contributed by atoms with van der Waals surface area (Å²) in [5.74, 6) is 2.56. The van der Waals surface area contributed by atoms with Gasteiger partial charge in [-0.2, -0.15) is 0 Å². The number of likely N-dealkylation sites (tertiary alicyclic amines) is 1. The molecule has 0 spiro atoms. The molecule has 0 unspecified atom stereocenters. The van der Waals surface area contributed by atoms with Crippen LogP contribution >= 0.6 is 0 Å². The van der Waals surface area contributed by atoms with Crippen LogP contribution in [0.25, 0.3) is 22.0 Å². The number of nitrogens with zero attached hydrogens (tertiary/aromatic N) is 4. The van der Waals surface area contributed by atoms with Gasteiger partial charge in [0.25, 0.3) is 5.56 Å². The molecule has 2 aliphatic rings. The van der Waals surface area contributed by atoms with Crippen LogP contribution in [0.2, 0.25) is 0 Å². The highest BCUT2D eigenvalue weighted by molar-refractivity contribution is 5.94. The number of rotatable bonds is 7. The van der Waals surface area contributed by atoms with Gasteiger partial charge in [-0.05, 0) is 80.6 Å². The molecule has 38 heavy (non-hydrogen) atoms. The molecule has 0 saturated carbocycles. The van der Waals surface area contributed by atoms with E-state index >= 15 is 0 Å². The van der Waals surface area contributed by atoms with Gasteiger partial charge in [0, 0.05) is 61.8 Å². The van der Waals surface area contributed by atoms with Crippen molar-refractivity contribution >= 4 is 16.7 Å². The zero-order chi connectivity index (χ0) is 25.9. The topological polar surface area (TPSA) is 66.4 Å². The monoisotopic (exact) mass is 511 g/mol. The number of fused-ring (bicyclic) bond motifs is 1. The Bertz CT molecular complexity index is 1410. The molecule has 6 rings (SSSR count). The molecule has 198 valence electrons. The maximum Gasteiger partial charge on any atom is 0.274 e. The number of aromatic nitrogens is 3. The predicted octanol–water partition coefficient (Wildman–Crippen LogP) is 5.18. The Labute approximate surface area is 224 Å². The lowest BCUT2D eigenvalue weighted by atomic mass is 9.89. The van der Waals surface area contributed by atoms with Gasteiger partial charge in [0.2, 0.25) is 0 Å². The van der Waals surface area contributed by atoms with E-state index in [0.29, 0.717) is 11.4 Å². The first kappa shape index (κ1) is 24.7. The second-order valence-electron chi connectivity index (χ2n) is 10.7. The van der Waals surface area contributed by atoms with Gasteiger partial charge in [0.15, 0.2) is 0 Å². The minimum atomic E-state index is -0.0174. The minimum absolute atomic E-state index is 0.0174. The van der Waals surface area contributed by atoms with Crippen LogP contribution in [0.5, 0.6) is 5.75 Å². The number of ether oxygens (including phenoxy) is 1. The van der Waals surface area contributed by atoms with Crippen LogP contribution in [0.15, 0.2) is 65.8 Å². The van der Waals surface area contributed by atoms with E-state index in [-0.39, 0.29) is 5.56 Å². The van der Waals surface area contributed by atoms with Crippen molar-refractivity contribution < 1.29 is 4.74 Å². The number of hydrogen-bond donors (Lipinski definition) is 1. The molecular formula is C31H37N5O2. The van der Waals surface area contributed by atoms with Crippen molar-refractivity contribution in [2.24, 2.45) is 7.05 Å². The summed E-state index contributed by atoms with van der Waals surface area (Å²) in [6.45, 7) is 6.21.